The molecule has 4 nitrogen and oxygen atoms in total. The molecule has 0 aromatic heterocycles. The molecule has 0 spiro atoms. The third-order valence-electron chi connectivity index (χ3n) is 11.2. The van der Waals surface area contributed by atoms with Crippen LogP contribution in [0.15, 0.2) is 22.8 Å². The van der Waals surface area contributed by atoms with Gasteiger partial charge in [0.2, 0.25) is 0 Å². The van der Waals surface area contributed by atoms with Crippen molar-refractivity contribution in [2.24, 2.45) is 39.9 Å². The summed E-state index contributed by atoms with van der Waals surface area (Å²) in [5.74, 6) is 0.774. The van der Waals surface area contributed by atoms with Crippen LogP contribution in [0.25, 0.3) is 0 Å². The first-order valence-corrected chi connectivity index (χ1v) is 13.6. The summed E-state index contributed by atoms with van der Waals surface area (Å²) in [6.07, 6.45) is 12.1. The molecular weight excluding hydrogens is 424 g/mol. The zero-order chi connectivity index (χ0) is 25.5. The van der Waals surface area contributed by atoms with E-state index in [0.717, 1.165) is 25.7 Å². The van der Waals surface area contributed by atoms with Gasteiger partial charge in [0, 0.05) is 12.0 Å². The second-order valence-corrected chi connectivity index (χ2v) is 12.8. The van der Waals surface area contributed by atoms with Crippen LogP contribution >= 0.6 is 0 Å². The molecular formula is C30H48O4. The molecule has 0 unspecified atom stereocenters. The number of allylic oxidation sites excluding steroid dienone is 3. The van der Waals surface area contributed by atoms with Crippen molar-refractivity contribution in [1.29, 1.82) is 0 Å². The molecule has 0 aromatic rings. The van der Waals surface area contributed by atoms with Crippen LogP contribution in [-0.4, -0.2) is 22.2 Å². The van der Waals surface area contributed by atoms with Gasteiger partial charge >= 0.3 is 11.9 Å². The number of hydrogen-bond donors (Lipinski definition) is 2. The molecule has 0 saturated heterocycles. The maximum atomic E-state index is 11.5. The zero-order valence-corrected chi connectivity index (χ0v) is 22.7. The van der Waals surface area contributed by atoms with Crippen LogP contribution in [0.1, 0.15) is 113 Å². The smallest absolute Gasteiger partial charge is 0.330 e. The third kappa shape index (κ3) is 4.51. The molecule has 0 heterocycles. The first-order valence-electron chi connectivity index (χ1n) is 13.6. The number of hydrogen-bond acceptors (Lipinski definition) is 2. The zero-order valence-electron chi connectivity index (χ0n) is 22.7. The van der Waals surface area contributed by atoms with Crippen LogP contribution < -0.4 is 0 Å². The minimum absolute atomic E-state index is 0.175. The molecule has 3 rings (SSSR count). The van der Waals surface area contributed by atoms with Crippen LogP contribution in [0.2, 0.25) is 0 Å². The van der Waals surface area contributed by atoms with Gasteiger partial charge in [0.1, 0.15) is 0 Å². The molecule has 0 amide bonds. The molecule has 192 valence electrons. The van der Waals surface area contributed by atoms with Crippen molar-refractivity contribution in [2.75, 3.05) is 0 Å². The Kier molecular flexibility index (Phi) is 7.80. The summed E-state index contributed by atoms with van der Waals surface area (Å²) >= 11 is 0. The predicted octanol–water partition coefficient (Wildman–Crippen LogP) is 7.88. The highest BCUT2D eigenvalue weighted by Crippen LogP contribution is 2.74. The topological polar surface area (TPSA) is 74.6 Å². The van der Waals surface area contributed by atoms with Crippen LogP contribution in [0.4, 0.5) is 0 Å². The van der Waals surface area contributed by atoms with E-state index in [1.165, 1.54) is 43.3 Å². The van der Waals surface area contributed by atoms with Gasteiger partial charge in [-0.1, -0.05) is 44.9 Å². The summed E-state index contributed by atoms with van der Waals surface area (Å²) in [7, 11) is 0. The maximum absolute atomic E-state index is 11.5. The number of carbonyl (C=O) groups is 2. The molecule has 0 bridgehead atoms. The van der Waals surface area contributed by atoms with Crippen LogP contribution in [-0.2, 0) is 9.59 Å². The lowest BCUT2D eigenvalue weighted by Gasteiger charge is -2.65. The molecule has 0 aliphatic heterocycles. The minimum Gasteiger partial charge on any atom is -0.481 e. The largest absolute Gasteiger partial charge is 0.481 e. The van der Waals surface area contributed by atoms with E-state index in [0.29, 0.717) is 34.7 Å². The van der Waals surface area contributed by atoms with E-state index < -0.39 is 11.9 Å². The fourth-order valence-electron chi connectivity index (χ4n) is 9.03. The van der Waals surface area contributed by atoms with Gasteiger partial charge in [-0.25, -0.2) is 4.79 Å². The van der Waals surface area contributed by atoms with E-state index in [-0.39, 0.29) is 17.3 Å². The predicted molar refractivity (Wildman–Crippen MR) is 138 cm³/mol. The number of rotatable bonds is 8. The Morgan fingerprint density at radius 2 is 1.71 bits per heavy atom. The maximum Gasteiger partial charge on any atom is 0.330 e. The molecule has 4 heteroatoms. The highest BCUT2D eigenvalue weighted by Gasteiger charge is 2.66. The lowest BCUT2D eigenvalue weighted by Crippen LogP contribution is -2.57. The van der Waals surface area contributed by atoms with Crippen molar-refractivity contribution in [3.63, 3.8) is 0 Å². The summed E-state index contributed by atoms with van der Waals surface area (Å²) in [5.41, 5.74) is 4.14. The normalized spacial score (nSPS) is 38.7. The SMILES string of the molecule is CC(C)=C1CC[C@@H]2[C@@](C)(CC[C@]3(C)[C@@H]([C@H](C)CC/C=C(\C)C(=O)O)CC[C@@]23C)[C@@H]1CCC(=O)O. The van der Waals surface area contributed by atoms with Gasteiger partial charge in [-0.3, -0.25) is 4.79 Å². The molecule has 3 aliphatic carbocycles. The van der Waals surface area contributed by atoms with Crippen molar-refractivity contribution in [1.82, 2.24) is 0 Å². The Hall–Kier alpha value is -1.58. The van der Waals surface area contributed by atoms with Crippen LogP contribution in [0, 0.1) is 39.9 Å². The number of carboxylic acid groups (broad SMARTS) is 2. The average Bonchev–Trinajstić information content (AvgIpc) is 3.03. The molecule has 3 saturated carbocycles. The Labute approximate surface area is 207 Å². The van der Waals surface area contributed by atoms with Crippen molar-refractivity contribution in [2.45, 2.75) is 113 Å². The van der Waals surface area contributed by atoms with Gasteiger partial charge in [0.05, 0.1) is 0 Å². The van der Waals surface area contributed by atoms with Gasteiger partial charge in [-0.15, -0.1) is 0 Å². The standard InChI is InChI=1S/C30H48O4/c1-19(2)22-11-13-25-28(5,24(22)12-14-26(31)32)17-18-29(6)23(15-16-30(25,29)7)20(3)9-8-10-21(4)27(33)34/h10,20,23-25H,8-9,11-18H2,1-7H3,(H,31,32)(H,33,34)/b21-10+/t20-,23-,24-,25-,28+,29-,30+/m1/s1. The quantitative estimate of drug-likeness (QED) is 0.278. The second-order valence-electron chi connectivity index (χ2n) is 12.8. The summed E-state index contributed by atoms with van der Waals surface area (Å²) in [6.45, 7) is 16.1. The van der Waals surface area contributed by atoms with E-state index in [9.17, 15) is 14.7 Å². The Morgan fingerprint density at radius 3 is 2.29 bits per heavy atom. The van der Waals surface area contributed by atoms with Gasteiger partial charge in [-0.05, 0) is 118 Å². The summed E-state index contributed by atoms with van der Waals surface area (Å²) in [4.78, 5) is 22.7. The second kappa shape index (κ2) is 9.82. The monoisotopic (exact) mass is 472 g/mol. The number of fused-ring (bicyclic) bond motifs is 3. The van der Waals surface area contributed by atoms with Crippen molar-refractivity contribution >= 4 is 11.9 Å². The molecule has 2 N–H and O–H groups in total. The van der Waals surface area contributed by atoms with Gasteiger partial charge in [0.25, 0.3) is 0 Å². The van der Waals surface area contributed by atoms with Crippen molar-refractivity contribution in [3.8, 4) is 0 Å². The summed E-state index contributed by atoms with van der Waals surface area (Å²) < 4.78 is 0. The number of aliphatic carboxylic acids is 2. The van der Waals surface area contributed by atoms with Gasteiger partial charge < -0.3 is 10.2 Å². The lowest BCUT2D eigenvalue weighted by molar-refractivity contribution is -0.147. The van der Waals surface area contributed by atoms with Crippen molar-refractivity contribution in [3.05, 3.63) is 22.8 Å². The first-order chi connectivity index (χ1) is 15.8. The number of carboxylic acids is 2. The summed E-state index contributed by atoms with van der Waals surface area (Å²) in [5, 5.41) is 18.6. The molecule has 0 aromatic carbocycles. The molecule has 3 aliphatic rings. The fraction of sp³-hybridized carbons (Fsp3) is 0.800. The summed E-state index contributed by atoms with van der Waals surface area (Å²) in [6, 6.07) is 0. The molecule has 7 atom stereocenters. The molecule has 34 heavy (non-hydrogen) atoms. The van der Waals surface area contributed by atoms with Crippen molar-refractivity contribution < 1.29 is 19.8 Å². The molecule has 0 radical (unpaired) electrons. The lowest BCUT2D eigenvalue weighted by atomic mass is 9.40. The van der Waals surface area contributed by atoms with E-state index in [1.807, 2.05) is 6.08 Å². The Bertz CT molecular complexity index is 865. The van der Waals surface area contributed by atoms with Gasteiger partial charge in [-0.2, -0.15) is 0 Å². The highest BCUT2D eigenvalue weighted by atomic mass is 16.4. The van der Waals surface area contributed by atoms with E-state index in [1.54, 1.807) is 6.92 Å². The average molecular weight is 473 g/mol. The Morgan fingerprint density at radius 1 is 1.03 bits per heavy atom. The third-order valence-corrected chi connectivity index (χ3v) is 11.2. The van der Waals surface area contributed by atoms with E-state index in [2.05, 4.69) is 41.5 Å². The van der Waals surface area contributed by atoms with Gasteiger partial charge in [0.15, 0.2) is 0 Å². The first kappa shape index (κ1) is 27.0. The van der Waals surface area contributed by atoms with Crippen LogP contribution in [0.3, 0.4) is 0 Å². The minimum atomic E-state index is -0.815. The highest BCUT2D eigenvalue weighted by molar-refractivity contribution is 5.85. The van der Waals surface area contributed by atoms with E-state index in [4.69, 9.17) is 5.11 Å². The fourth-order valence-corrected chi connectivity index (χ4v) is 9.03. The molecule has 3 fully saturated rings. The van der Waals surface area contributed by atoms with E-state index >= 15 is 0 Å². The van der Waals surface area contributed by atoms with Crippen LogP contribution in [0.5, 0.6) is 0 Å². The Balaban J connectivity index is 1.86.